The lowest BCUT2D eigenvalue weighted by Gasteiger charge is -2.09. The van der Waals surface area contributed by atoms with Gasteiger partial charge < -0.3 is 5.11 Å². The molecule has 0 amide bonds. The molecule has 1 aliphatic carbocycles. The Labute approximate surface area is 56.8 Å². The van der Waals surface area contributed by atoms with Crippen LogP contribution in [0.2, 0.25) is 0 Å². The number of carbonyl (C=O) groups is 2. The van der Waals surface area contributed by atoms with Gasteiger partial charge in [-0.2, -0.15) is 0 Å². The molecule has 1 fully saturated rings. The maximum atomic E-state index is 12.9. The van der Waals surface area contributed by atoms with Crippen molar-refractivity contribution in [1.82, 2.24) is 0 Å². The number of carbonyl (C=O) groups excluding carboxylic acids is 1. The smallest absolute Gasteiger partial charge is 0.349 e. The van der Waals surface area contributed by atoms with E-state index in [-0.39, 0.29) is 12.8 Å². The fourth-order valence-electron chi connectivity index (χ4n) is 1.06. The summed E-state index contributed by atoms with van der Waals surface area (Å²) in [4.78, 5) is 20.7. The summed E-state index contributed by atoms with van der Waals surface area (Å²) in [6.07, 6.45) is 0.242. The lowest BCUT2D eigenvalue weighted by Crippen LogP contribution is -2.37. The highest BCUT2D eigenvalue weighted by Crippen LogP contribution is 2.29. The van der Waals surface area contributed by atoms with Gasteiger partial charge in [-0.1, -0.05) is 0 Å². The SMILES string of the molecule is O=C(O)C1(F)CCCC1=O. The zero-order valence-electron chi connectivity index (χ0n) is 5.26. The molecular formula is C6H7FO3. The van der Waals surface area contributed by atoms with Gasteiger partial charge in [0.25, 0.3) is 5.67 Å². The minimum atomic E-state index is -2.57. The molecule has 56 valence electrons. The molecule has 1 aliphatic rings. The van der Waals surface area contributed by atoms with Crippen LogP contribution in [-0.2, 0) is 9.59 Å². The number of hydrogen-bond acceptors (Lipinski definition) is 2. The van der Waals surface area contributed by atoms with Gasteiger partial charge >= 0.3 is 5.97 Å². The highest BCUT2D eigenvalue weighted by Gasteiger charge is 2.49. The van der Waals surface area contributed by atoms with E-state index < -0.39 is 17.4 Å². The average Bonchev–Trinajstić information content (AvgIpc) is 2.15. The Balaban J connectivity index is 2.86. The molecule has 4 heteroatoms. The predicted molar refractivity (Wildman–Crippen MR) is 30.3 cm³/mol. The van der Waals surface area contributed by atoms with Gasteiger partial charge in [-0.3, -0.25) is 4.79 Å². The van der Waals surface area contributed by atoms with E-state index in [1.54, 1.807) is 0 Å². The molecule has 0 saturated heterocycles. The van der Waals surface area contributed by atoms with Crippen molar-refractivity contribution in [3.05, 3.63) is 0 Å². The van der Waals surface area contributed by atoms with Gasteiger partial charge in [0, 0.05) is 12.8 Å². The second-order valence-corrected chi connectivity index (χ2v) is 2.38. The van der Waals surface area contributed by atoms with Crippen LogP contribution in [0.15, 0.2) is 0 Å². The van der Waals surface area contributed by atoms with E-state index in [2.05, 4.69) is 0 Å². The van der Waals surface area contributed by atoms with Crippen LogP contribution in [0, 0.1) is 0 Å². The van der Waals surface area contributed by atoms with Crippen LogP contribution in [0.25, 0.3) is 0 Å². The number of carboxylic acid groups (broad SMARTS) is 1. The van der Waals surface area contributed by atoms with Crippen LogP contribution >= 0.6 is 0 Å². The number of ketones is 1. The Morgan fingerprint density at radius 1 is 1.70 bits per heavy atom. The number of alkyl halides is 1. The first-order valence-electron chi connectivity index (χ1n) is 3.03. The molecule has 1 unspecified atom stereocenters. The van der Waals surface area contributed by atoms with Crippen molar-refractivity contribution < 1.29 is 19.1 Å². The zero-order chi connectivity index (χ0) is 7.78. The van der Waals surface area contributed by atoms with Crippen LogP contribution in [0.3, 0.4) is 0 Å². The average molecular weight is 146 g/mol. The molecule has 0 aromatic rings. The van der Waals surface area contributed by atoms with E-state index >= 15 is 0 Å². The number of hydrogen-bond donors (Lipinski definition) is 1. The van der Waals surface area contributed by atoms with Crippen molar-refractivity contribution in [1.29, 1.82) is 0 Å². The monoisotopic (exact) mass is 146 g/mol. The Hall–Kier alpha value is -0.930. The number of aliphatic carboxylic acids is 1. The van der Waals surface area contributed by atoms with Crippen molar-refractivity contribution in [3.8, 4) is 0 Å². The minimum Gasteiger partial charge on any atom is -0.479 e. The summed E-state index contributed by atoms with van der Waals surface area (Å²) >= 11 is 0. The summed E-state index contributed by atoms with van der Waals surface area (Å²) in [7, 11) is 0. The molecule has 0 radical (unpaired) electrons. The van der Waals surface area contributed by atoms with Crippen molar-refractivity contribution in [2.45, 2.75) is 24.9 Å². The second kappa shape index (κ2) is 2.04. The Morgan fingerprint density at radius 2 is 2.30 bits per heavy atom. The van der Waals surface area contributed by atoms with Gasteiger partial charge in [-0.05, 0) is 6.42 Å². The van der Waals surface area contributed by atoms with Crippen LogP contribution in [0.1, 0.15) is 19.3 Å². The van der Waals surface area contributed by atoms with Crippen molar-refractivity contribution in [2.75, 3.05) is 0 Å². The molecule has 10 heavy (non-hydrogen) atoms. The first-order valence-corrected chi connectivity index (χ1v) is 3.03. The molecule has 0 aromatic heterocycles. The number of Topliss-reactive ketones (excluding diaryl/α,β-unsaturated/α-hetero) is 1. The molecule has 0 bridgehead atoms. The Kier molecular flexibility index (Phi) is 1.46. The molecule has 0 aromatic carbocycles. The highest BCUT2D eigenvalue weighted by molar-refractivity contribution is 6.07. The van der Waals surface area contributed by atoms with Crippen molar-refractivity contribution in [3.63, 3.8) is 0 Å². The minimum absolute atomic E-state index is 0.0583. The Bertz CT molecular complexity index is 189. The van der Waals surface area contributed by atoms with E-state index in [1.807, 2.05) is 0 Å². The molecule has 0 aliphatic heterocycles. The summed E-state index contributed by atoms with van der Waals surface area (Å²) in [6, 6.07) is 0. The molecule has 0 heterocycles. The summed E-state index contributed by atoms with van der Waals surface area (Å²) < 4.78 is 12.9. The Morgan fingerprint density at radius 3 is 2.50 bits per heavy atom. The van der Waals surface area contributed by atoms with E-state index in [0.29, 0.717) is 6.42 Å². The van der Waals surface area contributed by atoms with Gasteiger partial charge in [-0.15, -0.1) is 0 Å². The molecule has 1 rings (SSSR count). The zero-order valence-corrected chi connectivity index (χ0v) is 5.26. The standard InChI is InChI=1S/C6H7FO3/c7-6(5(9)10)3-1-2-4(6)8/h1-3H2,(H,9,10). The van der Waals surface area contributed by atoms with Crippen LogP contribution in [0.5, 0.6) is 0 Å². The molecule has 3 nitrogen and oxygen atoms in total. The van der Waals surface area contributed by atoms with E-state index in [1.165, 1.54) is 0 Å². The fraction of sp³-hybridized carbons (Fsp3) is 0.667. The topological polar surface area (TPSA) is 54.4 Å². The van der Waals surface area contributed by atoms with Crippen molar-refractivity contribution >= 4 is 11.8 Å². The predicted octanol–water partition coefficient (Wildman–Crippen LogP) is 0.532. The quantitative estimate of drug-likeness (QED) is 0.549. The summed E-state index contributed by atoms with van der Waals surface area (Å²) in [5.74, 6) is -2.44. The van der Waals surface area contributed by atoms with Crippen LogP contribution in [-0.4, -0.2) is 22.5 Å². The van der Waals surface area contributed by atoms with Crippen LogP contribution in [0.4, 0.5) is 4.39 Å². The third-order valence-corrected chi connectivity index (χ3v) is 1.71. The van der Waals surface area contributed by atoms with E-state index in [9.17, 15) is 14.0 Å². The number of carboxylic acids is 1. The normalized spacial score (nSPS) is 32.7. The van der Waals surface area contributed by atoms with Gasteiger partial charge in [0.05, 0.1) is 0 Å². The van der Waals surface area contributed by atoms with E-state index in [0.717, 1.165) is 0 Å². The number of rotatable bonds is 1. The van der Waals surface area contributed by atoms with Crippen LogP contribution < -0.4 is 0 Å². The van der Waals surface area contributed by atoms with Gasteiger partial charge in [0.2, 0.25) is 0 Å². The lowest BCUT2D eigenvalue weighted by molar-refractivity contribution is -0.155. The molecule has 0 spiro atoms. The molecule has 1 N–H and O–H groups in total. The third kappa shape index (κ3) is 0.798. The summed E-state index contributed by atoms with van der Waals surface area (Å²) in [5.41, 5.74) is -2.57. The van der Waals surface area contributed by atoms with Gasteiger partial charge in [0.1, 0.15) is 0 Å². The largest absolute Gasteiger partial charge is 0.479 e. The first kappa shape index (κ1) is 7.18. The van der Waals surface area contributed by atoms with Gasteiger partial charge in [0.15, 0.2) is 5.78 Å². The summed E-state index contributed by atoms with van der Waals surface area (Å²) in [6.45, 7) is 0. The molecule has 1 atom stereocenters. The second-order valence-electron chi connectivity index (χ2n) is 2.38. The molecule has 1 saturated carbocycles. The molecular weight excluding hydrogens is 139 g/mol. The number of halogens is 1. The lowest BCUT2D eigenvalue weighted by atomic mass is 10.1. The maximum absolute atomic E-state index is 12.9. The maximum Gasteiger partial charge on any atom is 0.349 e. The van der Waals surface area contributed by atoms with Gasteiger partial charge in [-0.25, -0.2) is 9.18 Å². The van der Waals surface area contributed by atoms with E-state index in [4.69, 9.17) is 5.11 Å². The highest BCUT2D eigenvalue weighted by atomic mass is 19.1. The first-order chi connectivity index (χ1) is 4.57. The van der Waals surface area contributed by atoms with Crippen molar-refractivity contribution in [2.24, 2.45) is 0 Å². The summed E-state index contributed by atoms with van der Waals surface area (Å²) in [5, 5.41) is 8.25. The fourth-order valence-corrected chi connectivity index (χ4v) is 1.06. The third-order valence-electron chi connectivity index (χ3n) is 1.71.